The van der Waals surface area contributed by atoms with Gasteiger partial charge in [0.05, 0.1) is 0 Å². The van der Waals surface area contributed by atoms with E-state index in [4.69, 9.17) is 0 Å². The molecule has 0 aliphatic carbocycles. The van der Waals surface area contributed by atoms with Crippen molar-refractivity contribution < 1.29 is 4.39 Å². The van der Waals surface area contributed by atoms with Crippen LogP contribution in [-0.4, -0.2) is 0 Å². The fraction of sp³-hybridized carbons (Fsp3) is 0.400. The highest BCUT2D eigenvalue weighted by atomic mass is 79.9. The van der Waals surface area contributed by atoms with Gasteiger partial charge in [-0.15, -0.1) is 0 Å². The summed E-state index contributed by atoms with van der Waals surface area (Å²) in [4.78, 5) is 0. The number of alkyl halides is 1. The molecule has 0 radical (unpaired) electrons. The van der Waals surface area contributed by atoms with E-state index in [9.17, 15) is 4.39 Å². The van der Waals surface area contributed by atoms with Crippen molar-refractivity contribution in [1.82, 2.24) is 0 Å². The summed E-state index contributed by atoms with van der Waals surface area (Å²) in [6, 6.07) is 7.27. The minimum absolute atomic E-state index is 0.717. The first-order valence-corrected chi connectivity index (χ1v) is 4.89. The summed E-state index contributed by atoms with van der Waals surface area (Å²) in [6.07, 6.45) is -0.877. The number of rotatable bonds is 1. The van der Waals surface area contributed by atoms with E-state index in [0.29, 0.717) is 0 Å². The molecule has 0 N–H and O–H groups in total. The van der Waals surface area contributed by atoms with E-state index in [1.54, 1.807) is 12.1 Å². The summed E-state index contributed by atoms with van der Waals surface area (Å²) < 4.78 is 13.5. The standard InChI is InChI=1S/C8H8BrF.C2H6/c1-6(10)7-3-2-4-8(9)5-7;1-2/h2-6H,1H3;1-2H3. The molecule has 1 unspecified atom stereocenters. The highest BCUT2D eigenvalue weighted by Gasteiger charge is 2.00. The van der Waals surface area contributed by atoms with Crippen LogP contribution in [0.25, 0.3) is 0 Å². The average molecular weight is 233 g/mol. The molecule has 0 spiro atoms. The van der Waals surface area contributed by atoms with Crippen LogP contribution in [0.1, 0.15) is 32.5 Å². The van der Waals surface area contributed by atoms with Crippen LogP contribution in [0.5, 0.6) is 0 Å². The zero-order valence-corrected chi connectivity index (χ0v) is 9.23. The van der Waals surface area contributed by atoms with E-state index in [2.05, 4.69) is 15.9 Å². The topological polar surface area (TPSA) is 0 Å². The van der Waals surface area contributed by atoms with Crippen molar-refractivity contribution in [2.24, 2.45) is 0 Å². The second-order valence-corrected chi connectivity index (χ2v) is 3.09. The van der Waals surface area contributed by atoms with Gasteiger partial charge in [-0.25, -0.2) is 4.39 Å². The Morgan fingerprint density at radius 3 is 2.25 bits per heavy atom. The lowest BCUT2D eigenvalue weighted by atomic mass is 10.1. The summed E-state index contributed by atoms with van der Waals surface area (Å²) in [7, 11) is 0. The fourth-order valence-electron chi connectivity index (χ4n) is 0.754. The van der Waals surface area contributed by atoms with Crippen molar-refractivity contribution in [2.45, 2.75) is 26.9 Å². The molecule has 0 nitrogen and oxygen atoms in total. The van der Waals surface area contributed by atoms with Crippen LogP contribution < -0.4 is 0 Å². The van der Waals surface area contributed by atoms with Gasteiger partial charge in [-0.2, -0.15) is 0 Å². The van der Waals surface area contributed by atoms with Crippen LogP contribution in [0.2, 0.25) is 0 Å². The first-order valence-electron chi connectivity index (χ1n) is 4.09. The molecule has 2 heteroatoms. The van der Waals surface area contributed by atoms with Gasteiger partial charge in [-0.05, 0) is 24.6 Å². The SMILES string of the molecule is CC.CC(F)c1cccc(Br)c1. The van der Waals surface area contributed by atoms with E-state index < -0.39 is 6.17 Å². The van der Waals surface area contributed by atoms with Gasteiger partial charge in [-0.1, -0.05) is 41.9 Å². The monoisotopic (exact) mass is 232 g/mol. The van der Waals surface area contributed by atoms with Crippen LogP contribution >= 0.6 is 15.9 Å². The van der Waals surface area contributed by atoms with Gasteiger partial charge in [0.1, 0.15) is 6.17 Å². The molecule has 1 aromatic carbocycles. The van der Waals surface area contributed by atoms with Crippen LogP contribution in [0, 0.1) is 0 Å². The number of halogens is 2. The van der Waals surface area contributed by atoms with Gasteiger partial charge in [0.2, 0.25) is 0 Å². The normalized spacial score (nSPS) is 11.4. The molecule has 1 rings (SSSR count). The molecule has 1 aromatic rings. The number of benzene rings is 1. The summed E-state index contributed by atoms with van der Waals surface area (Å²) in [5.41, 5.74) is 0.717. The van der Waals surface area contributed by atoms with Gasteiger partial charge in [0.15, 0.2) is 0 Å². The van der Waals surface area contributed by atoms with E-state index in [1.807, 2.05) is 26.0 Å². The smallest absolute Gasteiger partial charge is 0.122 e. The average Bonchev–Trinajstić information content (AvgIpc) is 2.08. The lowest BCUT2D eigenvalue weighted by molar-refractivity contribution is 0.374. The number of hydrogen-bond donors (Lipinski definition) is 0. The molecule has 0 aliphatic rings. The third-order valence-corrected chi connectivity index (χ3v) is 1.80. The van der Waals surface area contributed by atoms with Crippen molar-refractivity contribution in [3.63, 3.8) is 0 Å². The molecule has 0 aliphatic heterocycles. The fourth-order valence-corrected chi connectivity index (χ4v) is 1.17. The highest BCUT2D eigenvalue weighted by molar-refractivity contribution is 9.10. The minimum Gasteiger partial charge on any atom is -0.243 e. The molecule has 0 heterocycles. The van der Waals surface area contributed by atoms with Crippen molar-refractivity contribution in [1.29, 1.82) is 0 Å². The minimum atomic E-state index is -0.877. The van der Waals surface area contributed by atoms with Crippen LogP contribution in [0.15, 0.2) is 28.7 Å². The summed E-state index contributed by atoms with van der Waals surface area (Å²) in [5.74, 6) is 0. The Kier molecular flexibility index (Phi) is 5.99. The molecule has 12 heavy (non-hydrogen) atoms. The Labute approximate surface area is 81.9 Å². The van der Waals surface area contributed by atoms with Crippen LogP contribution in [0.3, 0.4) is 0 Å². The van der Waals surface area contributed by atoms with E-state index in [-0.39, 0.29) is 0 Å². The molecule has 0 saturated heterocycles. The van der Waals surface area contributed by atoms with Gasteiger partial charge in [0, 0.05) is 4.47 Å². The summed E-state index contributed by atoms with van der Waals surface area (Å²) in [5, 5.41) is 0. The van der Waals surface area contributed by atoms with Crippen molar-refractivity contribution >= 4 is 15.9 Å². The maximum absolute atomic E-state index is 12.6. The van der Waals surface area contributed by atoms with E-state index in [0.717, 1.165) is 10.0 Å². The molecule has 1 atom stereocenters. The zero-order valence-electron chi connectivity index (χ0n) is 7.64. The quantitative estimate of drug-likeness (QED) is 0.669. The molecule has 0 aromatic heterocycles. The van der Waals surface area contributed by atoms with Gasteiger partial charge < -0.3 is 0 Å². The first-order chi connectivity index (χ1) is 5.70. The Hall–Kier alpha value is -0.370. The first kappa shape index (κ1) is 11.6. The summed E-state index contributed by atoms with van der Waals surface area (Å²) in [6.45, 7) is 5.53. The number of hydrogen-bond acceptors (Lipinski definition) is 0. The maximum Gasteiger partial charge on any atom is 0.122 e. The molecule has 0 bridgehead atoms. The zero-order chi connectivity index (χ0) is 9.56. The van der Waals surface area contributed by atoms with Gasteiger partial charge >= 0.3 is 0 Å². The third kappa shape index (κ3) is 3.86. The molecular formula is C10H14BrF. The molecule has 0 saturated carbocycles. The molecular weight excluding hydrogens is 219 g/mol. The van der Waals surface area contributed by atoms with Gasteiger partial charge in [0.25, 0.3) is 0 Å². The summed E-state index contributed by atoms with van der Waals surface area (Å²) >= 11 is 3.26. The van der Waals surface area contributed by atoms with Crippen molar-refractivity contribution in [3.8, 4) is 0 Å². The van der Waals surface area contributed by atoms with E-state index in [1.165, 1.54) is 6.92 Å². The lowest BCUT2D eigenvalue weighted by Gasteiger charge is -2.00. The van der Waals surface area contributed by atoms with Crippen molar-refractivity contribution in [2.75, 3.05) is 0 Å². The Morgan fingerprint density at radius 1 is 1.33 bits per heavy atom. The third-order valence-electron chi connectivity index (χ3n) is 1.31. The maximum atomic E-state index is 12.6. The Balaban J connectivity index is 0.000000561. The second kappa shape index (κ2) is 6.18. The van der Waals surface area contributed by atoms with Crippen LogP contribution in [-0.2, 0) is 0 Å². The largest absolute Gasteiger partial charge is 0.243 e. The van der Waals surface area contributed by atoms with Crippen LogP contribution in [0.4, 0.5) is 4.39 Å². The van der Waals surface area contributed by atoms with E-state index >= 15 is 0 Å². The Bertz CT molecular complexity index is 221. The second-order valence-electron chi connectivity index (χ2n) is 2.17. The lowest BCUT2D eigenvalue weighted by Crippen LogP contribution is -1.83. The molecule has 0 fully saturated rings. The predicted molar refractivity (Wildman–Crippen MR) is 55.0 cm³/mol. The molecule has 0 amide bonds. The van der Waals surface area contributed by atoms with Gasteiger partial charge in [-0.3, -0.25) is 0 Å². The van der Waals surface area contributed by atoms with Crippen molar-refractivity contribution in [3.05, 3.63) is 34.3 Å². The highest BCUT2D eigenvalue weighted by Crippen LogP contribution is 2.19. The Morgan fingerprint density at radius 2 is 1.92 bits per heavy atom. The predicted octanol–water partition coefficient (Wildman–Crippen LogP) is 4.51. The molecule has 68 valence electrons.